The fourth-order valence-electron chi connectivity index (χ4n) is 9.36. The number of fused-ring (bicyclic) bond motifs is 5. The molecular weight excluding hydrogens is 537 g/mol. The third-order valence-electron chi connectivity index (χ3n) is 10.6. The van der Waals surface area contributed by atoms with E-state index in [0.29, 0.717) is 31.0 Å². The van der Waals surface area contributed by atoms with Gasteiger partial charge in [0.2, 0.25) is 3.79 Å². The number of nitrogens with one attached hydrogen (secondary N) is 1. The lowest BCUT2D eigenvalue weighted by molar-refractivity contribution is -0.281. The highest BCUT2D eigenvalue weighted by atomic mass is 35.6. The first kappa shape index (κ1) is 29.7. The number of hydrogen-bond acceptors (Lipinski definition) is 5. The maximum Gasteiger partial charge on any atom is 0.407 e. The molecule has 4 aliphatic rings. The van der Waals surface area contributed by atoms with E-state index in [2.05, 4.69) is 19.2 Å². The van der Waals surface area contributed by atoms with Gasteiger partial charge in [0.25, 0.3) is 0 Å². The molecule has 4 fully saturated rings. The molecule has 6 nitrogen and oxygen atoms in total. The lowest BCUT2D eigenvalue weighted by atomic mass is 9.43. The molecule has 8 atom stereocenters. The van der Waals surface area contributed by atoms with Gasteiger partial charge in [-0.3, -0.25) is 4.79 Å². The normalized spacial score (nSPS) is 40.8. The van der Waals surface area contributed by atoms with Gasteiger partial charge in [-0.1, -0.05) is 48.7 Å². The van der Waals surface area contributed by atoms with E-state index in [-0.39, 0.29) is 41.1 Å². The molecule has 4 aliphatic carbocycles. The minimum Gasteiger partial charge on any atom is -0.445 e. The van der Waals surface area contributed by atoms with Crippen molar-refractivity contribution in [1.29, 1.82) is 0 Å². The smallest absolute Gasteiger partial charge is 0.407 e. The van der Waals surface area contributed by atoms with Crippen molar-refractivity contribution in [1.82, 2.24) is 5.32 Å². The monoisotopic (exact) mass is 579 g/mol. The number of hydrogen-bond donors (Lipinski definition) is 1. The van der Waals surface area contributed by atoms with E-state index in [1.54, 1.807) is 6.92 Å². The number of rotatable bonds is 7. The molecule has 0 aliphatic heterocycles. The van der Waals surface area contributed by atoms with Gasteiger partial charge in [0.05, 0.1) is 0 Å². The second-order valence-corrected chi connectivity index (χ2v) is 15.0. The molecule has 0 aromatic rings. The number of ether oxygens (including phenoxy) is 3. The van der Waals surface area contributed by atoms with Gasteiger partial charge in [0, 0.05) is 38.0 Å². The van der Waals surface area contributed by atoms with Crippen LogP contribution in [-0.2, 0) is 19.0 Å². The van der Waals surface area contributed by atoms with Gasteiger partial charge in [0.15, 0.2) is 5.79 Å². The molecule has 9 heteroatoms. The van der Waals surface area contributed by atoms with E-state index in [9.17, 15) is 9.59 Å². The van der Waals surface area contributed by atoms with Crippen LogP contribution in [0.2, 0.25) is 0 Å². The molecule has 4 rings (SSSR count). The minimum absolute atomic E-state index is 0.0173. The number of amides is 1. The third kappa shape index (κ3) is 5.66. The Labute approximate surface area is 237 Å². The van der Waals surface area contributed by atoms with Crippen molar-refractivity contribution in [2.75, 3.05) is 19.8 Å². The summed E-state index contributed by atoms with van der Waals surface area (Å²) in [5.74, 6) is 1.38. The molecule has 1 N–H and O–H groups in total. The van der Waals surface area contributed by atoms with Crippen molar-refractivity contribution in [2.24, 2.45) is 40.4 Å². The van der Waals surface area contributed by atoms with Crippen LogP contribution in [0, 0.1) is 40.4 Å². The maximum atomic E-state index is 13.0. The van der Waals surface area contributed by atoms with E-state index in [1.165, 1.54) is 0 Å². The molecule has 0 heterocycles. The zero-order valence-corrected chi connectivity index (χ0v) is 25.2. The van der Waals surface area contributed by atoms with Crippen molar-refractivity contribution in [3.8, 4) is 0 Å². The van der Waals surface area contributed by atoms with Crippen molar-refractivity contribution < 1.29 is 23.8 Å². The standard InChI is InChI=1S/C28H44Cl3NO5/c1-6-36-27(37-7-2)13-12-25(4)18(14-27)8-9-19-21-11-10-20(17(3)33)26(21,5)15-22(23(19)25)32-24(34)35-16-28(29,30)31/h18-23H,6-16H2,1-5H3,(H,32,34)/t18?,19-,20+,21-,22?,23+,25-,26+/m0/s1. The fourth-order valence-corrected chi connectivity index (χ4v) is 9.52. The number of alkyl carbamates (subject to hydrolysis) is 1. The van der Waals surface area contributed by atoms with Gasteiger partial charge in [0.1, 0.15) is 12.4 Å². The SMILES string of the molecule is CCOC1(OCC)CC[C@@]2(C)C(CC[C@H]3[C@@H]4CC[C@H](C(C)=O)[C@@]4(C)CC(NC(=O)OCC(Cl)(Cl)Cl)[C@@H]32)C1. The van der Waals surface area contributed by atoms with Gasteiger partial charge in [-0.25, -0.2) is 4.79 Å². The number of alkyl halides is 3. The van der Waals surface area contributed by atoms with E-state index in [0.717, 1.165) is 51.4 Å². The Kier molecular flexibility index (Phi) is 8.79. The Morgan fingerprint density at radius 1 is 0.946 bits per heavy atom. The van der Waals surface area contributed by atoms with Crippen molar-refractivity contribution >= 4 is 46.7 Å². The quantitative estimate of drug-likeness (QED) is 0.257. The molecule has 0 spiro atoms. The molecule has 0 aromatic heterocycles. The Balaban J connectivity index is 1.65. The first-order chi connectivity index (χ1) is 17.3. The van der Waals surface area contributed by atoms with Gasteiger partial charge in [-0.2, -0.15) is 0 Å². The predicted octanol–water partition coefficient (Wildman–Crippen LogP) is 7.08. The number of halogens is 3. The maximum absolute atomic E-state index is 13.0. The summed E-state index contributed by atoms with van der Waals surface area (Å²) in [6, 6.07) is -0.117. The molecule has 37 heavy (non-hydrogen) atoms. The highest BCUT2D eigenvalue weighted by Gasteiger charge is 2.65. The molecule has 212 valence electrons. The molecule has 4 saturated carbocycles. The van der Waals surface area contributed by atoms with Gasteiger partial charge < -0.3 is 19.5 Å². The molecule has 0 aromatic carbocycles. The number of carbonyl (C=O) groups excluding carboxylic acids is 2. The van der Waals surface area contributed by atoms with Crippen LogP contribution >= 0.6 is 34.8 Å². The van der Waals surface area contributed by atoms with Crippen LogP contribution in [0.5, 0.6) is 0 Å². The third-order valence-corrected chi connectivity index (χ3v) is 10.9. The first-order valence-electron chi connectivity index (χ1n) is 14.1. The summed E-state index contributed by atoms with van der Waals surface area (Å²) in [6.07, 6.45) is 7.10. The molecule has 0 saturated heterocycles. The Hall–Kier alpha value is -0.270. The van der Waals surface area contributed by atoms with E-state index in [1.807, 2.05) is 13.8 Å². The highest BCUT2D eigenvalue weighted by Crippen LogP contribution is 2.68. The lowest BCUT2D eigenvalue weighted by Crippen LogP contribution is -2.64. The van der Waals surface area contributed by atoms with Crippen LogP contribution in [-0.4, -0.2) is 47.3 Å². The average molecular weight is 581 g/mol. The van der Waals surface area contributed by atoms with Gasteiger partial charge in [-0.05, 0) is 93.8 Å². The largest absolute Gasteiger partial charge is 0.445 e. The second kappa shape index (κ2) is 11.0. The zero-order valence-electron chi connectivity index (χ0n) is 22.9. The summed E-state index contributed by atoms with van der Waals surface area (Å²) in [5, 5.41) is 3.21. The van der Waals surface area contributed by atoms with E-state index in [4.69, 9.17) is 49.0 Å². The van der Waals surface area contributed by atoms with Crippen molar-refractivity contribution in [2.45, 2.75) is 102 Å². The summed E-state index contributed by atoms with van der Waals surface area (Å²) in [6.45, 7) is 11.4. The van der Waals surface area contributed by atoms with Crippen LogP contribution < -0.4 is 5.32 Å². The number of Topliss-reactive ketones (excluding diaryl/α,β-unsaturated/α-hetero) is 1. The van der Waals surface area contributed by atoms with Crippen molar-refractivity contribution in [3.05, 3.63) is 0 Å². The molecule has 2 unspecified atom stereocenters. The summed E-state index contributed by atoms with van der Waals surface area (Å²) in [7, 11) is 0. The number of carbonyl (C=O) groups is 2. The Morgan fingerprint density at radius 3 is 2.22 bits per heavy atom. The Morgan fingerprint density at radius 2 is 1.62 bits per heavy atom. The predicted molar refractivity (Wildman–Crippen MR) is 146 cm³/mol. The van der Waals surface area contributed by atoms with E-state index < -0.39 is 15.7 Å². The highest BCUT2D eigenvalue weighted by molar-refractivity contribution is 6.67. The summed E-state index contributed by atoms with van der Waals surface area (Å²) < 4.78 is 16.1. The second-order valence-electron chi connectivity index (χ2n) is 12.4. The van der Waals surface area contributed by atoms with Crippen LogP contribution in [0.3, 0.4) is 0 Å². The number of ketones is 1. The topological polar surface area (TPSA) is 73.9 Å². The van der Waals surface area contributed by atoms with Crippen LogP contribution in [0.25, 0.3) is 0 Å². The fraction of sp³-hybridized carbons (Fsp3) is 0.929. The zero-order chi connectivity index (χ0) is 27.2. The Bertz CT molecular complexity index is 859. The van der Waals surface area contributed by atoms with Gasteiger partial charge in [-0.15, -0.1) is 0 Å². The van der Waals surface area contributed by atoms with Crippen LogP contribution in [0.4, 0.5) is 4.79 Å². The molecular formula is C28H44Cl3NO5. The van der Waals surface area contributed by atoms with Crippen LogP contribution in [0.15, 0.2) is 0 Å². The first-order valence-corrected chi connectivity index (χ1v) is 15.2. The van der Waals surface area contributed by atoms with Crippen molar-refractivity contribution in [3.63, 3.8) is 0 Å². The molecule has 0 radical (unpaired) electrons. The summed E-state index contributed by atoms with van der Waals surface area (Å²) in [5.41, 5.74) is -0.123. The average Bonchev–Trinajstić information content (AvgIpc) is 3.15. The van der Waals surface area contributed by atoms with Gasteiger partial charge >= 0.3 is 6.09 Å². The summed E-state index contributed by atoms with van der Waals surface area (Å²) >= 11 is 17.5. The van der Waals surface area contributed by atoms with E-state index >= 15 is 0 Å². The van der Waals surface area contributed by atoms with Crippen LogP contribution in [0.1, 0.15) is 86.0 Å². The minimum atomic E-state index is -1.66. The molecule has 1 amide bonds. The summed E-state index contributed by atoms with van der Waals surface area (Å²) in [4.78, 5) is 25.7. The lowest BCUT2D eigenvalue weighted by Gasteiger charge is -2.64. The molecule has 0 bridgehead atoms.